The highest BCUT2D eigenvalue weighted by atomic mass is 32.1. The number of fused-ring (bicyclic) bond motifs is 4. The average Bonchev–Trinajstić information content (AvgIpc) is 3.45. The molecule has 3 aromatic heterocycles. The Morgan fingerprint density at radius 1 is 0.903 bits per heavy atom. The summed E-state index contributed by atoms with van der Waals surface area (Å²) in [5, 5.41) is 14.2. The fourth-order valence-electron chi connectivity index (χ4n) is 3.62. The first-order valence-electron chi connectivity index (χ1n) is 9.97. The van der Waals surface area contributed by atoms with E-state index in [0.29, 0.717) is 10.7 Å². The van der Waals surface area contributed by atoms with Crippen LogP contribution in [0.15, 0.2) is 76.1 Å². The van der Waals surface area contributed by atoms with Crippen LogP contribution in [0.3, 0.4) is 0 Å². The predicted molar refractivity (Wildman–Crippen MR) is 127 cm³/mol. The largest absolute Gasteiger partial charge is 0.438 e. The molecule has 3 aromatic carbocycles. The summed E-state index contributed by atoms with van der Waals surface area (Å²) in [4.78, 5) is 9.59. The van der Waals surface area contributed by atoms with Gasteiger partial charge in [-0.25, -0.2) is 4.98 Å². The smallest absolute Gasteiger partial charge is 0.234 e. The highest BCUT2D eigenvalue weighted by Crippen LogP contribution is 2.32. The molecule has 6 rings (SSSR count). The van der Waals surface area contributed by atoms with Crippen LogP contribution in [0.4, 0.5) is 5.13 Å². The third-order valence-corrected chi connectivity index (χ3v) is 7.17. The maximum absolute atomic E-state index is 6.34. The Morgan fingerprint density at radius 3 is 2.65 bits per heavy atom. The molecule has 0 saturated carbocycles. The van der Waals surface area contributed by atoms with Crippen molar-refractivity contribution in [2.24, 2.45) is 4.99 Å². The molecule has 3 heterocycles. The number of para-hydroxylation sites is 1. The first-order valence-corrected chi connectivity index (χ1v) is 11.6. The summed E-state index contributed by atoms with van der Waals surface area (Å²) in [6.45, 7) is 2.06. The molecule has 0 spiro atoms. The van der Waals surface area contributed by atoms with Crippen LogP contribution in [-0.2, 0) is 6.42 Å². The van der Waals surface area contributed by atoms with Gasteiger partial charge in [-0.3, -0.25) is 0 Å². The predicted octanol–water partition coefficient (Wildman–Crippen LogP) is 6.51. The first kappa shape index (κ1) is 18.4. The van der Waals surface area contributed by atoms with E-state index >= 15 is 0 Å². The summed E-state index contributed by atoms with van der Waals surface area (Å²) in [7, 11) is 0. The molecule has 0 aliphatic heterocycles. The second-order valence-corrected chi connectivity index (χ2v) is 9.17. The van der Waals surface area contributed by atoms with Crippen molar-refractivity contribution >= 4 is 59.8 Å². The van der Waals surface area contributed by atoms with Gasteiger partial charge in [0, 0.05) is 5.39 Å². The molecule has 5 nitrogen and oxygen atoms in total. The number of hydrogen-bond donors (Lipinski definition) is 0. The number of hydrogen-bond acceptors (Lipinski definition) is 7. The summed E-state index contributed by atoms with van der Waals surface area (Å²) in [5.74, 6) is 0. The molecule has 150 valence electrons. The van der Waals surface area contributed by atoms with Crippen molar-refractivity contribution in [3.8, 4) is 10.6 Å². The third kappa shape index (κ3) is 3.22. The molecule has 0 bridgehead atoms. The maximum Gasteiger partial charge on any atom is 0.234 e. The van der Waals surface area contributed by atoms with Gasteiger partial charge in [0.1, 0.15) is 15.6 Å². The minimum atomic E-state index is 0.501. The average molecular weight is 441 g/mol. The van der Waals surface area contributed by atoms with Gasteiger partial charge in [-0.15, -0.1) is 21.5 Å². The molecule has 6 aromatic rings. The Labute approximate surface area is 185 Å². The normalized spacial score (nSPS) is 12.4. The van der Waals surface area contributed by atoms with E-state index in [-0.39, 0.29) is 0 Å². The van der Waals surface area contributed by atoms with E-state index in [1.165, 1.54) is 16.7 Å². The molecule has 0 unspecified atom stereocenters. The molecule has 0 fully saturated rings. The van der Waals surface area contributed by atoms with E-state index in [4.69, 9.17) is 14.4 Å². The molecule has 0 amide bonds. The highest BCUT2D eigenvalue weighted by molar-refractivity contribution is 7.21. The highest BCUT2D eigenvalue weighted by Gasteiger charge is 2.14. The van der Waals surface area contributed by atoms with Crippen LogP contribution in [0, 0.1) is 0 Å². The van der Waals surface area contributed by atoms with Crippen molar-refractivity contribution in [2.45, 2.75) is 13.3 Å². The summed E-state index contributed by atoms with van der Waals surface area (Å²) >= 11 is 3.11. The number of rotatable bonds is 3. The molecule has 7 heteroatoms. The van der Waals surface area contributed by atoms with E-state index in [9.17, 15) is 0 Å². The van der Waals surface area contributed by atoms with Gasteiger partial charge >= 0.3 is 0 Å². The summed E-state index contributed by atoms with van der Waals surface area (Å²) in [6.07, 6.45) is 0.832. The Morgan fingerprint density at radius 2 is 1.77 bits per heavy atom. The molecule has 0 N–H and O–H groups in total. The first-order chi connectivity index (χ1) is 15.3. The zero-order chi connectivity index (χ0) is 20.8. The Hall–Kier alpha value is -3.42. The van der Waals surface area contributed by atoms with Crippen LogP contribution in [0.5, 0.6) is 0 Å². The fraction of sp³-hybridized carbons (Fsp3) is 0.0833. The van der Waals surface area contributed by atoms with Crippen molar-refractivity contribution in [1.82, 2.24) is 15.2 Å². The number of benzene rings is 3. The quantitative estimate of drug-likeness (QED) is 0.294. The Bertz CT molecular complexity index is 1610. The summed E-state index contributed by atoms with van der Waals surface area (Å²) in [6, 6.07) is 22.7. The van der Waals surface area contributed by atoms with E-state index in [1.807, 2.05) is 36.4 Å². The fourth-order valence-corrected chi connectivity index (χ4v) is 5.24. The number of aryl methyl sites for hydroxylation is 1. The topological polar surface area (TPSA) is 64.2 Å². The molecule has 0 saturated heterocycles. The van der Waals surface area contributed by atoms with Gasteiger partial charge in [0.2, 0.25) is 10.7 Å². The van der Waals surface area contributed by atoms with Crippen LogP contribution < -0.4 is 5.55 Å². The van der Waals surface area contributed by atoms with Gasteiger partial charge in [0.25, 0.3) is 0 Å². The van der Waals surface area contributed by atoms with Crippen LogP contribution in [-0.4, -0.2) is 15.2 Å². The lowest BCUT2D eigenvalue weighted by atomic mass is 10.0. The lowest BCUT2D eigenvalue weighted by Gasteiger charge is -2.05. The molecule has 0 atom stereocenters. The standard InChI is InChI=1S/C24H16N4OS2/c1-2-21-27-28-24(31-21)26-22-17(23-25-18-9-5-6-10-20(18)30-23)13-16-15-8-4-3-7-14(15)11-12-19(16)29-22/h3-13H,2H2,1H3/b26-22-. The SMILES string of the molecule is CCc1nnc(/N=c2\oc3ccc4ccccc4c3cc2-c2nc3ccccc3s2)s1. The van der Waals surface area contributed by atoms with Gasteiger partial charge in [-0.1, -0.05) is 60.7 Å². The lowest BCUT2D eigenvalue weighted by Crippen LogP contribution is -2.05. The van der Waals surface area contributed by atoms with E-state index in [1.54, 1.807) is 11.3 Å². The van der Waals surface area contributed by atoms with Gasteiger partial charge in [0.15, 0.2) is 0 Å². The second-order valence-electron chi connectivity index (χ2n) is 7.09. The summed E-state index contributed by atoms with van der Waals surface area (Å²) in [5.41, 5.74) is 3.11. The molecule has 0 radical (unpaired) electrons. The van der Waals surface area contributed by atoms with Crippen molar-refractivity contribution < 1.29 is 4.42 Å². The van der Waals surface area contributed by atoms with Crippen molar-refractivity contribution in [3.63, 3.8) is 0 Å². The molecular formula is C24H16N4OS2. The zero-order valence-electron chi connectivity index (χ0n) is 16.6. The van der Waals surface area contributed by atoms with Crippen LogP contribution in [0.1, 0.15) is 11.9 Å². The molecule has 31 heavy (non-hydrogen) atoms. The lowest BCUT2D eigenvalue weighted by molar-refractivity contribution is 0.547. The minimum Gasteiger partial charge on any atom is -0.438 e. The minimum absolute atomic E-state index is 0.501. The van der Waals surface area contributed by atoms with Crippen molar-refractivity contribution in [2.75, 3.05) is 0 Å². The van der Waals surface area contributed by atoms with Crippen LogP contribution in [0.25, 0.3) is 42.5 Å². The van der Waals surface area contributed by atoms with Crippen LogP contribution >= 0.6 is 22.7 Å². The maximum atomic E-state index is 6.34. The van der Waals surface area contributed by atoms with Crippen molar-refractivity contribution in [1.29, 1.82) is 0 Å². The van der Waals surface area contributed by atoms with Gasteiger partial charge in [-0.2, -0.15) is 4.99 Å². The molecule has 0 aliphatic rings. The monoisotopic (exact) mass is 440 g/mol. The van der Waals surface area contributed by atoms with Crippen molar-refractivity contribution in [3.05, 3.63) is 77.3 Å². The van der Waals surface area contributed by atoms with Gasteiger partial charge < -0.3 is 4.42 Å². The number of thiazole rings is 1. The zero-order valence-corrected chi connectivity index (χ0v) is 18.2. The van der Waals surface area contributed by atoms with E-state index in [0.717, 1.165) is 48.6 Å². The van der Waals surface area contributed by atoms with E-state index in [2.05, 4.69) is 47.5 Å². The van der Waals surface area contributed by atoms with Gasteiger partial charge in [-0.05, 0) is 41.5 Å². The van der Waals surface area contributed by atoms with Crippen LogP contribution in [0.2, 0.25) is 0 Å². The second kappa shape index (κ2) is 7.37. The summed E-state index contributed by atoms with van der Waals surface area (Å²) < 4.78 is 7.47. The Balaban J connectivity index is 1.68. The third-order valence-electron chi connectivity index (χ3n) is 5.14. The number of nitrogens with zero attached hydrogens (tertiary/aromatic N) is 4. The van der Waals surface area contributed by atoms with Gasteiger partial charge in [0.05, 0.1) is 15.8 Å². The van der Waals surface area contributed by atoms with E-state index < -0.39 is 0 Å². The molecular weight excluding hydrogens is 424 g/mol. The Kier molecular flexibility index (Phi) is 4.36. The number of aromatic nitrogens is 3. The molecule has 0 aliphatic carbocycles.